The fourth-order valence-electron chi connectivity index (χ4n) is 2.79. The first-order valence-electron chi connectivity index (χ1n) is 9.64. The summed E-state index contributed by atoms with van der Waals surface area (Å²) in [6, 6.07) is 5.19. The van der Waals surface area contributed by atoms with Gasteiger partial charge in [-0.15, -0.1) is 0 Å². The van der Waals surface area contributed by atoms with Crippen LogP contribution in [0.3, 0.4) is 0 Å². The van der Waals surface area contributed by atoms with Gasteiger partial charge in [0.15, 0.2) is 0 Å². The average Bonchev–Trinajstić information content (AvgIpc) is 2.60. The van der Waals surface area contributed by atoms with Gasteiger partial charge in [-0.05, 0) is 24.6 Å². The Kier molecular flexibility index (Phi) is 11.9. The van der Waals surface area contributed by atoms with Crippen molar-refractivity contribution in [2.24, 2.45) is 4.99 Å². The highest BCUT2D eigenvalue weighted by Gasteiger charge is 2.00. The van der Waals surface area contributed by atoms with E-state index in [1.54, 1.807) is 31.5 Å². The third-order valence-electron chi connectivity index (χ3n) is 4.36. The highest BCUT2D eigenvalue weighted by atomic mass is 16.5. The minimum Gasteiger partial charge on any atom is -0.507 e. The molecule has 3 nitrogen and oxygen atoms in total. The van der Waals surface area contributed by atoms with Gasteiger partial charge in [0.2, 0.25) is 0 Å². The zero-order valence-corrected chi connectivity index (χ0v) is 15.6. The predicted octanol–water partition coefficient (Wildman–Crippen LogP) is 6.13. The molecule has 0 aromatic heterocycles. The zero-order chi connectivity index (χ0) is 17.5. The topological polar surface area (TPSA) is 41.8 Å². The number of phenols is 1. The lowest BCUT2D eigenvalue weighted by molar-refractivity contribution is 0.412. The van der Waals surface area contributed by atoms with Crippen LogP contribution >= 0.6 is 0 Å². The minimum absolute atomic E-state index is 0.249. The van der Waals surface area contributed by atoms with E-state index in [1.807, 2.05) is 0 Å². The number of nitrogens with zero attached hydrogens (tertiary/aromatic N) is 1. The first-order valence-corrected chi connectivity index (χ1v) is 9.64. The van der Waals surface area contributed by atoms with E-state index in [0.717, 1.165) is 24.3 Å². The van der Waals surface area contributed by atoms with Gasteiger partial charge in [-0.3, -0.25) is 4.99 Å². The van der Waals surface area contributed by atoms with E-state index < -0.39 is 0 Å². The van der Waals surface area contributed by atoms with E-state index in [1.165, 1.54) is 64.2 Å². The van der Waals surface area contributed by atoms with Crippen LogP contribution in [0.2, 0.25) is 0 Å². The summed E-state index contributed by atoms with van der Waals surface area (Å²) in [5.41, 5.74) is 0.720. The van der Waals surface area contributed by atoms with Crippen LogP contribution in [0.1, 0.15) is 83.1 Å². The van der Waals surface area contributed by atoms with Crippen molar-refractivity contribution in [3.63, 3.8) is 0 Å². The second-order valence-electron chi connectivity index (χ2n) is 6.50. The number of hydrogen-bond acceptors (Lipinski definition) is 3. The summed E-state index contributed by atoms with van der Waals surface area (Å²) < 4.78 is 5.16. The lowest BCUT2D eigenvalue weighted by Gasteiger charge is -2.03. The van der Waals surface area contributed by atoms with E-state index in [2.05, 4.69) is 11.9 Å². The Bertz CT molecular complexity index is 457. The van der Waals surface area contributed by atoms with Gasteiger partial charge in [0, 0.05) is 18.3 Å². The second-order valence-corrected chi connectivity index (χ2v) is 6.50. The molecule has 1 rings (SSSR count). The summed E-state index contributed by atoms with van der Waals surface area (Å²) in [4.78, 5) is 4.41. The summed E-state index contributed by atoms with van der Waals surface area (Å²) in [6.07, 6.45) is 16.5. The van der Waals surface area contributed by atoms with Gasteiger partial charge in [-0.2, -0.15) is 0 Å². The molecule has 0 aliphatic carbocycles. The van der Waals surface area contributed by atoms with Crippen molar-refractivity contribution in [1.82, 2.24) is 0 Å². The van der Waals surface area contributed by atoms with Crippen LogP contribution in [0, 0.1) is 0 Å². The maximum atomic E-state index is 9.77. The van der Waals surface area contributed by atoms with E-state index in [-0.39, 0.29) is 5.75 Å². The van der Waals surface area contributed by atoms with Crippen molar-refractivity contribution >= 4 is 6.21 Å². The number of benzene rings is 1. The summed E-state index contributed by atoms with van der Waals surface area (Å²) >= 11 is 0. The Morgan fingerprint density at radius 1 is 0.917 bits per heavy atom. The van der Waals surface area contributed by atoms with Crippen LogP contribution < -0.4 is 4.74 Å². The quantitative estimate of drug-likeness (QED) is 0.328. The first kappa shape index (κ1) is 20.5. The fourth-order valence-corrected chi connectivity index (χ4v) is 2.79. The van der Waals surface area contributed by atoms with Crippen molar-refractivity contribution in [3.05, 3.63) is 23.8 Å². The zero-order valence-electron chi connectivity index (χ0n) is 15.6. The van der Waals surface area contributed by atoms with Crippen molar-refractivity contribution < 1.29 is 9.84 Å². The van der Waals surface area contributed by atoms with E-state index in [0.29, 0.717) is 0 Å². The van der Waals surface area contributed by atoms with E-state index in [9.17, 15) is 5.11 Å². The Balaban J connectivity index is 2.00. The summed E-state index contributed by atoms with van der Waals surface area (Å²) in [7, 11) is 1.62. The molecule has 0 bridgehead atoms. The number of phenolic OH excluding ortho intramolecular Hbond substituents is 1. The van der Waals surface area contributed by atoms with Gasteiger partial charge in [-0.25, -0.2) is 0 Å². The maximum absolute atomic E-state index is 9.77. The van der Waals surface area contributed by atoms with Gasteiger partial charge < -0.3 is 9.84 Å². The molecule has 0 saturated carbocycles. The molecule has 3 heteroatoms. The highest BCUT2D eigenvalue weighted by molar-refractivity contribution is 5.84. The molecule has 1 aromatic carbocycles. The third-order valence-corrected chi connectivity index (χ3v) is 4.36. The monoisotopic (exact) mass is 333 g/mol. The Labute approximate surface area is 148 Å². The Morgan fingerprint density at radius 3 is 2.08 bits per heavy atom. The molecule has 136 valence electrons. The SMILES string of the molecule is CCCCCCCCCCCCCN=Cc1cc(OC)ccc1O. The van der Waals surface area contributed by atoms with Crippen LogP contribution in [0.25, 0.3) is 0 Å². The molecule has 0 heterocycles. The first-order chi connectivity index (χ1) is 11.8. The molecule has 0 aliphatic heterocycles. The standard InChI is InChI=1S/C21H35NO2/c1-3-4-5-6-7-8-9-10-11-12-13-16-22-18-19-17-20(24-2)14-15-21(19)23/h14-15,17-18,23H,3-13,16H2,1-2H3. The molecule has 0 fully saturated rings. The maximum Gasteiger partial charge on any atom is 0.124 e. The molecule has 0 aliphatic rings. The molecular weight excluding hydrogens is 298 g/mol. The molecule has 0 saturated heterocycles. The summed E-state index contributed by atoms with van der Waals surface area (Å²) in [6.45, 7) is 3.09. The lowest BCUT2D eigenvalue weighted by Crippen LogP contribution is -1.89. The normalized spacial score (nSPS) is 11.2. The number of ether oxygens (including phenoxy) is 1. The van der Waals surface area contributed by atoms with Crippen LogP contribution in [0.15, 0.2) is 23.2 Å². The molecule has 1 N–H and O–H groups in total. The number of rotatable bonds is 14. The average molecular weight is 334 g/mol. The smallest absolute Gasteiger partial charge is 0.124 e. The summed E-state index contributed by atoms with van der Waals surface area (Å²) in [5.74, 6) is 0.988. The largest absolute Gasteiger partial charge is 0.507 e. The van der Waals surface area contributed by atoms with Crippen LogP contribution in [0.5, 0.6) is 11.5 Å². The summed E-state index contributed by atoms with van der Waals surface area (Å²) in [5, 5.41) is 9.77. The number of aliphatic imine (C=N–C) groups is 1. The number of unbranched alkanes of at least 4 members (excludes halogenated alkanes) is 10. The molecule has 0 spiro atoms. The second kappa shape index (κ2) is 13.9. The number of aromatic hydroxyl groups is 1. The van der Waals surface area contributed by atoms with Crippen LogP contribution in [-0.4, -0.2) is 25.0 Å². The van der Waals surface area contributed by atoms with Crippen molar-refractivity contribution in [3.8, 4) is 11.5 Å². The highest BCUT2D eigenvalue weighted by Crippen LogP contribution is 2.21. The molecule has 0 radical (unpaired) electrons. The fraction of sp³-hybridized carbons (Fsp3) is 0.667. The van der Waals surface area contributed by atoms with Crippen molar-refractivity contribution in [2.75, 3.05) is 13.7 Å². The molecule has 24 heavy (non-hydrogen) atoms. The predicted molar refractivity (Wildman–Crippen MR) is 104 cm³/mol. The third kappa shape index (κ3) is 9.59. The molecule has 0 unspecified atom stereocenters. The van der Waals surface area contributed by atoms with Crippen molar-refractivity contribution in [1.29, 1.82) is 0 Å². The van der Waals surface area contributed by atoms with Gasteiger partial charge in [-0.1, -0.05) is 71.1 Å². The molecule has 1 aromatic rings. The van der Waals surface area contributed by atoms with E-state index >= 15 is 0 Å². The molecule has 0 atom stereocenters. The number of hydrogen-bond donors (Lipinski definition) is 1. The van der Waals surface area contributed by atoms with Crippen LogP contribution in [0.4, 0.5) is 0 Å². The van der Waals surface area contributed by atoms with Crippen molar-refractivity contribution in [2.45, 2.75) is 77.6 Å². The van der Waals surface area contributed by atoms with Gasteiger partial charge in [0.1, 0.15) is 11.5 Å². The van der Waals surface area contributed by atoms with Gasteiger partial charge in [0.25, 0.3) is 0 Å². The van der Waals surface area contributed by atoms with Crippen LogP contribution in [-0.2, 0) is 0 Å². The Morgan fingerprint density at radius 2 is 1.50 bits per heavy atom. The minimum atomic E-state index is 0.249. The number of methoxy groups -OCH3 is 1. The molecular formula is C21H35NO2. The molecule has 0 amide bonds. The Hall–Kier alpha value is -1.51. The van der Waals surface area contributed by atoms with Gasteiger partial charge in [0.05, 0.1) is 7.11 Å². The van der Waals surface area contributed by atoms with E-state index in [4.69, 9.17) is 4.74 Å². The van der Waals surface area contributed by atoms with Gasteiger partial charge >= 0.3 is 0 Å². The lowest BCUT2D eigenvalue weighted by atomic mass is 10.1.